The number of nitrogens with one attached hydrogen (secondary N) is 2. The molecule has 1 atom stereocenters. The van der Waals surface area contributed by atoms with Gasteiger partial charge in [-0.2, -0.15) is 0 Å². The van der Waals surface area contributed by atoms with Gasteiger partial charge in [-0.25, -0.2) is 0 Å². The number of nitrogens with zero attached hydrogens (tertiary/aromatic N) is 2. The van der Waals surface area contributed by atoms with Gasteiger partial charge in [-0.1, -0.05) is 61.0 Å². The zero-order valence-electron chi connectivity index (χ0n) is 17.1. The van der Waals surface area contributed by atoms with Crippen molar-refractivity contribution in [2.75, 3.05) is 27.7 Å². The van der Waals surface area contributed by atoms with Crippen molar-refractivity contribution in [1.29, 1.82) is 0 Å². The number of aryl methyl sites for hydroxylation is 1. The molecule has 4 nitrogen and oxygen atoms in total. The van der Waals surface area contributed by atoms with Crippen LogP contribution in [0.2, 0.25) is 0 Å². The third-order valence-electron chi connectivity index (χ3n) is 4.46. The quantitative estimate of drug-likeness (QED) is 0.356. The van der Waals surface area contributed by atoms with Gasteiger partial charge < -0.3 is 15.5 Å². The summed E-state index contributed by atoms with van der Waals surface area (Å²) in [6.45, 7) is 6.93. The van der Waals surface area contributed by atoms with Crippen LogP contribution in [0, 0.1) is 6.92 Å². The van der Waals surface area contributed by atoms with Gasteiger partial charge in [0.25, 0.3) is 0 Å². The predicted molar refractivity (Wildman–Crippen MR) is 127 cm³/mol. The Balaban J connectivity index is 0.00000364. The van der Waals surface area contributed by atoms with E-state index in [0.29, 0.717) is 5.92 Å². The second-order valence-corrected chi connectivity index (χ2v) is 7.13. The Morgan fingerprint density at radius 3 is 2.37 bits per heavy atom. The Morgan fingerprint density at radius 1 is 1.04 bits per heavy atom. The van der Waals surface area contributed by atoms with Crippen LogP contribution in [0.25, 0.3) is 0 Å². The van der Waals surface area contributed by atoms with Crippen LogP contribution in [0.1, 0.15) is 35.1 Å². The number of guanidine groups is 1. The molecule has 0 heterocycles. The van der Waals surface area contributed by atoms with E-state index in [4.69, 9.17) is 0 Å². The van der Waals surface area contributed by atoms with Gasteiger partial charge in [0.15, 0.2) is 5.96 Å². The largest absolute Gasteiger partial charge is 0.356 e. The van der Waals surface area contributed by atoms with Crippen molar-refractivity contribution < 1.29 is 0 Å². The van der Waals surface area contributed by atoms with Crippen LogP contribution in [-0.4, -0.2) is 38.5 Å². The molecule has 0 aromatic heterocycles. The van der Waals surface area contributed by atoms with Crippen molar-refractivity contribution in [2.45, 2.75) is 32.9 Å². The van der Waals surface area contributed by atoms with Gasteiger partial charge in [0, 0.05) is 26.7 Å². The van der Waals surface area contributed by atoms with E-state index in [1.807, 2.05) is 7.05 Å². The van der Waals surface area contributed by atoms with E-state index in [9.17, 15) is 0 Å². The third kappa shape index (κ3) is 7.89. The summed E-state index contributed by atoms with van der Waals surface area (Å²) in [6, 6.07) is 17.2. The molecule has 0 amide bonds. The molecule has 0 saturated heterocycles. The van der Waals surface area contributed by atoms with Crippen LogP contribution in [0.3, 0.4) is 0 Å². The van der Waals surface area contributed by atoms with Crippen molar-refractivity contribution in [3.63, 3.8) is 0 Å². The molecule has 2 rings (SSSR count). The molecule has 2 aromatic carbocycles. The fraction of sp³-hybridized carbons (Fsp3) is 0.409. The number of hydrogen-bond donors (Lipinski definition) is 2. The molecule has 2 aromatic rings. The van der Waals surface area contributed by atoms with Gasteiger partial charge in [-0.05, 0) is 43.6 Å². The summed E-state index contributed by atoms with van der Waals surface area (Å²) < 4.78 is 0. The lowest BCUT2D eigenvalue weighted by Crippen LogP contribution is -2.38. The molecule has 1 unspecified atom stereocenters. The van der Waals surface area contributed by atoms with Crippen LogP contribution in [0.5, 0.6) is 0 Å². The summed E-state index contributed by atoms with van der Waals surface area (Å²) in [5, 5.41) is 6.88. The minimum atomic E-state index is 0. The number of hydrogen-bond acceptors (Lipinski definition) is 2. The highest BCUT2D eigenvalue weighted by Gasteiger charge is 2.08. The lowest BCUT2D eigenvalue weighted by Gasteiger charge is -2.18. The molecule has 0 aliphatic heterocycles. The van der Waals surface area contributed by atoms with Crippen LogP contribution in [0.15, 0.2) is 53.5 Å². The molecule has 5 heteroatoms. The van der Waals surface area contributed by atoms with Crippen molar-refractivity contribution in [3.8, 4) is 0 Å². The summed E-state index contributed by atoms with van der Waals surface area (Å²) in [5.41, 5.74) is 5.29. The first-order valence-electron chi connectivity index (χ1n) is 9.22. The standard InChI is InChI=1S/C22H32N4.HI/c1-17-9-8-12-19(13-17)18(2)14-24-22(23-3)25-15-20-10-6-7-11-21(20)16-26(4)5;/h6-13,18H,14-16H2,1-5H3,(H2,23,24,25);1H. The van der Waals surface area contributed by atoms with Crippen molar-refractivity contribution in [3.05, 3.63) is 70.8 Å². The number of benzene rings is 2. The lowest BCUT2D eigenvalue weighted by atomic mass is 9.99. The van der Waals surface area contributed by atoms with Gasteiger partial charge >= 0.3 is 0 Å². The average Bonchev–Trinajstić information content (AvgIpc) is 2.62. The summed E-state index contributed by atoms with van der Waals surface area (Å²) in [4.78, 5) is 6.55. The highest BCUT2D eigenvalue weighted by molar-refractivity contribution is 14.0. The number of halogens is 1. The average molecular weight is 480 g/mol. The molecule has 2 N–H and O–H groups in total. The Hall–Kier alpha value is -1.60. The fourth-order valence-electron chi connectivity index (χ4n) is 2.97. The monoisotopic (exact) mass is 480 g/mol. The number of rotatable bonds is 7. The highest BCUT2D eigenvalue weighted by Crippen LogP contribution is 2.15. The molecule has 0 bridgehead atoms. The predicted octanol–water partition coefficient (Wildman–Crippen LogP) is 4.14. The van der Waals surface area contributed by atoms with E-state index < -0.39 is 0 Å². The first-order valence-corrected chi connectivity index (χ1v) is 9.22. The molecule has 0 aliphatic rings. The minimum absolute atomic E-state index is 0. The molecule has 27 heavy (non-hydrogen) atoms. The van der Waals surface area contributed by atoms with Crippen LogP contribution >= 0.6 is 24.0 Å². The van der Waals surface area contributed by atoms with Gasteiger partial charge in [0.1, 0.15) is 0 Å². The molecular formula is C22H33IN4. The second-order valence-electron chi connectivity index (χ2n) is 7.13. The lowest BCUT2D eigenvalue weighted by molar-refractivity contribution is 0.400. The van der Waals surface area contributed by atoms with E-state index in [1.165, 1.54) is 22.3 Å². The first kappa shape index (κ1) is 23.4. The molecular weight excluding hydrogens is 447 g/mol. The normalized spacial score (nSPS) is 12.4. The van der Waals surface area contributed by atoms with E-state index in [1.54, 1.807) is 0 Å². The van der Waals surface area contributed by atoms with E-state index in [2.05, 4.69) is 97.0 Å². The zero-order chi connectivity index (χ0) is 18.9. The van der Waals surface area contributed by atoms with E-state index in [-0.39, 0.29) is 24.0 Å². The van der Waals surface area contributed by atoms with Crippen molar-refractivity contribution >= 4 is 29.9 Å². The molecule has 0 fully saturated rings. The summed E-state index contributed by atoms with van der Waals surface area (Å²) >= 11 is 0. The Kier molecular flexibility index (Phi) is 10.4. The van der Waals surface area contributed by atoms with Gasteiger partial charge in [0.2, 0.25) is 0 Å². The van der Waals surface area contributed by atoms with Gasteiger partial charge in [-0.3, -0.25) is 4.99 Å². The van der Waals surface area contributed by atoms with Gasteiger partial charge in [0.05, 0.1) is 0 Å². The van der Waals surface area contributed by atoms with Crippen LogP contribution in [-0.2, 0) is 13.1 Å². The fourth-order valence-corrected chi connectivity index (χ4v) is 2.97. The Bertz CT molecular complexity index is 728. The molecule has 0 spiro atoms. The summed E-state index contributed by atoms with van der Waals surface area (Å²) in [7, 11) is 6.01. The molecule has 148 valence electrons. The van der Waals surface area contributed by atoms with Crippen LogP contribution in [0.4, 0.5) is 0 Å². The second kappa shape index (κ2) is 12.0. The topological polar surface area (TPSA) is 39.7 Å². The Morgan fingerprint density at radius 2 is 1.74 bits per heavy atom. The number of aliphatic imine (C=N–C) groups is 1. The first-order chi connectivity index (χ1) is 12.5. The van der Waals surface area contributed by atoms with Crippen molar-refractivity contribution in [2.24, 2.45) is 4.99 Å². The maximum Gasteiger partial charge on any atom is 0.191 e. The van der Waals surface area contributed by atoms with E-state index >= 15 is 0 Å². The van der Waals surface area contributed by atoms with Crippen molar-refractivity contribution in [1.82, 2.24) is 15.5 Å². The summed E-state index contributed by atoms with van der Waals surface area (Å²) in [5.74, 6) is 1.26. The summed E-state index contributed by atoms with van der Waals surface area (Å²) in [6.07, 6.45) is 0. The minimum Gasteiger partial charge on any atom is -0.356 e. The smallest absolute Gasteiger partial charge is 0.191 e. The SMILES string of the molecule is CN=C(NCc1ccccc1CN(C)C)NCC(C)c1cccc(C)c1.I. The molecule has 0 saturated carbocycles. The van der Waals surface area contributed by atoms with E-state index in [0.717, 1.165) is 25.6 Å². The third-order valence-corrected chi connectivity index (χ3v) is 4.46. The Labute approximate surface area is 181 Å². The molecule has 0 radical (unpaired) electrons. The maximum atomic E-state index is 4.36. The zero-order valence-corrected chi connectivity index (χ0v) is 19.5. The highest BCUT2D eigenvalue weighted by atomic mass is 127. The van der Waals surface area contributed by atoms with Gasteiger partial charge in [-0.15, -0.1) is 24.0 Å². The molecule has 0 aliphatic carbocycles. The maximum absolute atomic E-state index is 4.36. The van der Waals surface area contributed by atoms with Crippen LogP contribution < -0.4 is 10.6 Å².